The molecule has 2 aromatic rings. The molecule has 1 unspecified atom stereocenters. The number of nitrogens with zero attached hydrogens (tertiary/aromatic N) is 1. The number of rotatable bonds is 4. The number of nitrogens with one attached hydrogen (secondary N) is 2. The minimum absolute atomic E-state index is 0.00471. The molecule has 120 valence electrons. The first kappa shape index (κ1) is 15.5. The number of anilines is 1. The number of hydrogen-bond donors (Lipinski definition) is 2. The quantitative estimate of drug-likeness (QED) is 0.901. The number of carbonyl (C=O) groups excluding carboxylic acids is 2. The third kappa shape index (κ3) is 3.68. The van der Waals surface area contributed by atoms with Crippen LogP contribution in [0.15, 0.2) is 29.6 Å². The summed E-state index contributed by atoms with van der Waals surface area (Å²) in [6.07, 6.45) is 0.974. The van der Waals surface area contributed by atoms with Crippen molar-refractivity contribution in [3.8, 4) is 17.0 Å². The number of aromatic nitrogens is 1. The Morgan fingerprint density at radius 3 is 2.83 bits per heavy atom. The van der Waals surface area contributed by atoms with Gasteiger partial charge in [-0.05, 0) is 30.7 Å². The van der Waals surface area contributed by atoms with E-state index in [0.29, 0.717) is 24.5 Å². The monoisotopic (exact) mass is 331 g/mol. The standard InChI is InChI=1S/C16H17N3O3S/c1-22-12-5-2-10(3-6-12)13-9-23-16(18-13)19-15(21)11-4-7-14(20)17-8-11/h2-3,5-6,9,11H,4,7-8H2,1H3,(H,17,20)(H,18,19,21). The van der Waals surface area contributed by atoms with Crippen LogP contribution in [0.1, 0.15) is 12.8 Å². The molecule has 2 N–H and O–H groups in total. The van der Waals surface area contributed by atoms with Crippen molar-refractivity contribution in [1.29, 1.82) is 0 Å². The lowest BCUT2D eigenvalue weighted by Gasteiger charge is -2.20. The van der Waals surface area contributed by atoms with E-state index in [0.717, 1.165) is 17.0 Å². The fraction of sp³-hybridized carbons (Fsp3) is 0.312. The molecular weight excluding hydrogens is 314 g/mol. The zero-order valence-corrected chi connectivity index (χ0v) is 13.5. The van der Waals surface area contributed by atoms with Gasteiger partial charge in [0.05, 0.1) is 18.7 Å². The summed E-state index contributed by atoms with van der Waals surface area (Å²) in [4.78, 5) is 27.8. The van der Waals surface area contributed by atoms with Gasteiger partial charge in [0.1, 0.15) is 5.75 Å². The zero-order chi connectivity index (χ0) is 16.2. The highest BCUT2D eigenvalue weighted by Crippen LogP contribution is 2.27. The lowest BCUT2D eigenvalue weighted by atomic mass is 9.98. The molecule has 1 atom stereocenters. The fourth-order valence-electron chi connectivity index (χ4n) is 2.39. The summed E-state index contributed by atoms with van der Waals surface area (Å²) >= 11 is 1.39. The second-order valence-electron chi connectivity index (χ2n) is 5.30. The Bertz CT molecular complexity index is 702. The molecule has 0 saturated carbocycles. The Morgan fingerprint density at radius 2 is 2.17 bits per heavy atom. The van der Waals surface area contributed by atoms with E-state index in [9.17, 15) is 9.59 Å². The third-order valence-electron chi connectivity index (χ3n) is 3.76. The molecule has 0 radical (unpaired) electrons. The van der Waals surface area contributed by atoms with Crippen molar-refractivity contribution in [2.75, 3.05) is 19.0 Å². The molecule has 23 heavy (non-hydrogen) atoms. The second-order valence-corrected chi connectivity index (χ2v) is 6.15. The summed E-state index contributed by atoms with van der Waals surface area (Å²) in [5, 5.41) is 8.01. The Hall–Kier alpha value is -2.41. The van der Waals surface area contributed by atoms with Crippen LogP contribution in [-0.2, 0) is 9.59 Å². The van der Waals surface area contributed by atoms with Crippen LogP contribution in [0.25, 0.3) is 11.3 Å². The molecular formula is C16H17N3O3S. The molecule has 1 aliphatic heterocycles. The highest BCUT2D eigenvalue weighted by molar-refractivity contribution is 7.14. The topological polar surface area (TPSA) is 80.3 Å². The van der Waals surface area contributed by atoms with Crippen LogP contribution in [-0.4, -0.2) is 30.5 Å². The predicted molar refractivity (Wildman–Crippen MR) is 88.5 cm³/mol. The summed E-state index contributed by atoms with van der Waals surface area (Å²) in [6, 6.07) is 7.60. The average Bonchev–Trinajstić information content (AvgIpc) is 3.04. The van der Waals surface area contributed by atoms with E-state index in [1.54, 1.807) is 7.11 Å². The van der Waals surface area contributed by atoms with Gasteiger partial charge in [-0.3, -0.25) is 9.59 Å². The number of methoxy groups -OCH3 is 1. The van der Waals surface area contributed by atoms with Crippen molar-refractivity contribution < 1.29 is 14.3 Å². The van der Waals surface area contributed by atoms with Crippen LogP contribution in [0.3, 0.4) is 0 Å². The Morgan fingerprint density at radius 1 is 1.39 bits per heavy atom. The summed E-state index contributed by atoms with van der Waals surface area (Å²) < 4.78 is 5.13. The average molecular weight is 331 g/mol. The SMILES string of the molecule is COc1ccc(-c2csc(NC(=O)C3CCC(=O)NC3)n2)cc1. The molecule has 0 bridgehead atoms. The molecule has 2 heterocycles. The highest BCUT2D eigenvalue weighted by atomic mass is 32.1. The molecule has 1 aliphatic rings. The van der Waals surface area contributed by atoms with E-state index < -0.39 is 0 Å². The van der Waals surface area contributed by atoms with Crippen molar-refractivity contribution in [3.63, 3.8) is 0 Å². The maximum Gasteiger partial charge on any atom is 0.231 e. The fourth-order valence-corrected chi connectivity index (χ4v) is 3.11. The smallest absolute Gasteiger partial charge is 0.231 e. The van der Waals surface area contributed by atoms with Crippen LogP contribution in [0.4, 0.5) is 5.13 Å². The first-order chi connectivity index (χ1) is 11.2. The van der Waals surface area contributed by atoms with Crippen LogP contribution >= 0.6 is 11.3 Å². The van der Waals surface area contributed by atoms with Crippen LogP contribution in [0.5, 0.6) is 5.75 Å². The van der Waals surface area contributed by atoms with E-state index in [-0.39, 0.29) is 17.7 Å². The lowest BCUT2D eigenvalue weighted by molar-refractivity contribution is -0.126. The zero-order valence-electron chi connectivity index (χ0n) is 12.7. The third-order valence-corrected chi connectivity index (χ3v) is 4.51. The number of thiazole rings is 1. The number of hydrogen-bond acceptors (Lipinski definition) is 5. The molecule has 1 aromatic carbocycles. The number of amides is 2. The van der Waals surface area contributed by atoms with Gasteiger partial charge in [-0.15, -0.1) is 11.3 Å². The van der Waals surface area contributed by atoms with E-state index >= 15 is 0 Å². The number of benzene rings is 1. The number of carbonyl (C=O) groups is 2. The Labute approximate surface area is 137 Å². The second kappa shape index (κ2) is 6.78. The van der Waals surface area contributed by atoms with E-state index in [1.165, 1.54) is 11.3 Å². The molecule has 6 nitrogen and oxygen atoms in total. The number of piperidine rings is 1. The van der Waals surface area contributed by atoms with E-state index in [1.807, 2.05) is 29.6 Å². The molecule has 1 aromatic heterocycles. The van der Waals surface area contributed by atoms with Crippen molar-refractivity contribution in [3.05, 3.63) is 29.6 Å². The largest absolute Gasteiger partial charge is 0.497 e. The Kier molecular flexibility index (Phi) is 4.57. The van der Waals surface area contributed by atoms with Gasteiger partial charge in [0.25, 0.3) is 0 Å². The van der Waals surface area contributed by atoms with E-state index in [2.05, 4.69) is 15.6 Å². The minimum atomic E-state index is -0.193. The van der Waals surface area contributed by atoms with Crippen LogP contribution < -0.4 is 15.4 Å². The molecule has 0 aliphatic carbocycles. The van der Waals surface area contributed by atoms with Crippen molar-refractivity contribution in [2.45, 2.75) is 12.8 Å². The molecule has 2 amide bonds. The molecule has 3 rings (SSSR count). The highest BCUT2D eigenvalue weighted by Gasteiger charge is 2.25. The summed E-state index contributed by atoms with van der Waals surface area (Å²) in [6.45, 7) is 0.390. The maximum absolute atomic E-state index is 12.2. The van der Waals surface area contributed by atoms with Crippen LogP contribution in [0.2, 0.25) is 0 Å². The molecule has 0 spiro atoms. The summed E-state index contributed by atoms with van der Waals surface area (Å²) in [5.74, 6) is 0.503. The van der Waals surface area contributed by atoms with Gasteiger partial charge in [0.15, 0.2) is 5.13 Å². The maximum atomic E-state index is 12.2. The number of ether oxygens (including phenoxy) is 1. The summed E-state index contributed by atoms with van der Waals surface area (Å²) in [5.41, 5.74) is 1.78. The van der Waals surface area contributed by atoms with Crippen molar-refractivity contribution in [1.82, 2.24) is 10.3 Å². The molecule has 7 heteroatoms. The minimum Gasteiger partial charge on any atom is -0.497 e. The van der Waals surface area contributed by atoms with Crippen LogP contribution in [0, 0.1) is 5.92 Å². The van der Waals surface area contributed by atoms with Gasteiger partial charge in [0.2, 0.25) is 11.8 Å². The van der Waals surface area contributed by atoms with Gasteiger partial charge in [0, 0.05) is 23.9 Å². The lowest BCUT2D eigenvalue weighted by Crippen LogP contribution is -2.40. The van der Waals surface area contributed by atoms with Gasteiger partial charge < -0.3 is 15.4 Å². The van der Waals surface area contributed by atoms with Crippen molar-refractivity contribution >= 4 is 28.3 Å². The normalized spacial score (nSPS) is 17.4. The first-order valence-corrected chi connectivity index (χ1v) is 8.21. The van der Waals surface area contributed by atoms with E-state index in [4.69, 9.17) is 4.74 Å². The molecule has 1 saturated heterocycles. The van der Waals surface area contributed by atoms with Gasteiger partial charge >= 0.3 is 0 Å². The summed E-state index contributed by atoms with van der Waals surface area (Å²) in [7, 11) is 1.62. The molecule has 1 fully saturated rings. The van der Waals surface area contributed by atoms with Gasteiger partial charge in [-0.2, -0.15) is 0 Å². The Balaban J connectivity index is 1.64. The van der Waals surface area contributed by atoms with Crippen molar-refractivity contribution in [2.24, 2.45) is 5.92 Å². The van der Waals surface area contributed by atoms with Gasteiger partial charge in [-0.25, -0.2) is 4.98 Å². The first-order valence-electron chi connectivity index (χ1n) is 7.33. The van der Waals surface area contributed by atoms with Gasteiger partial charge in [-0.1, -0.05) is 0 Å². The predicted octanol–water partition coefficient (Wildman–Crippen LogP) is 2.28.